The summed E-state index contributed by atoms with van der Waals surface area (Å²) in [5.74, 6) is 0.237. The van der Waals surface area contributed by atoms with Crippen LogP contribution in [0.5, 0.6) is 5.75 Å². The number of allylic oxidation sites excluding steroid dienone is 3. The molecule has 0 saturated carbocycles. The van der Waals surface area contributed by atoms with Gasteiger partial charge in [-0.25, -0.2) is 4.68 Å². The molecule has 0 amide bonds. The molecule has 2 aromatic rings. The van der Waals surface area contributed by atoms with Crippen LogP contribution in [0.4, 0.5) is 0 Å². The number of phenolic OH excluding ortho intramolecular Hbond substituents is 1. The maximum absolute atomic E-state index is 9.22. The third kappa shape index (κ3) is 2.85. The average molecular weight is 241 g/mol. The molecular weight excluding hydrogens is 226 g/mol. The summed E-state index contributed by atoms with van der Waals surface area (Å²) in [6.45, 7) is 5.89. The van der Waals surface area contributed by atoms with E-state index in [2.05, 4.69) is 16.9 Å². The standard InChI is InChI=1S/C14H15N3O/c1-3-4-11(2)9-12-10-17(16-15-12)13-5-7-14(18)8-6-13/h3-8,10,18H,2,9H2,1H3/b4-3-. The summed E-state index contributed by atoms with van der Waals surface area (Å²) in [6.07, 6.45) is 6.45. The molecule has 18 heavy (non-hydrogen) atoms. The summed E-state index contributed by atoms with van der Waals surface area (Å²) in [4.78, 5) is 0. The van der Waals surface area contributed by atoms with Crippen molar-refractivity contribution in [2.24, 2.45) is 0 Å². The van der Waals surface area contributed by atoms with E-state index < -0.39 is 0 Å². The van der Waals surface area contributed by atoms with Gasteiger partial charge in [-0.3, -0.25) is 0 Å². The smallest absolute Gasteiger partial charge is 0.115 e. The van der Waals surface area contributed by atoms with Crippen LogP contribution in [0.1, 0.15) is 12.6 Å². The van der Waals surface area contributed by atoms with Crippen LogP contribution < -0.4 is 0 Å². The van der Waals surface area contributed by atoms with Crippen LogP contribution in [0, 0.1) is 0 Å². The van der Waals surface area contributed by atoms with Crippen LogP contribution in [0.25, 0.3) is 5.69 Å². The number of aromatic nitrogens is 3. The lowest BCUT2D eigenvalue weighted by Gasteiger charge is -1.99. The number of rotatable bonds is 4. The molecule has 0 aliphatic carbocycles. The minimum Gasteiger partial charge on any atom is -0.508 e. The van der Waals surface area contributed by atoms with Gasteiger partial charge >= 0.3 is 0 Å². The average Bonchev–Trinajstić information content (AvgIpc) is 2.78. The van der Waals surface area contributed by atoms with Gasteiger partial charge in [-0.15, -0.1) is 5.10 Å². The molecule has 0 atom stereocenters. The Bertz CT molecular complexity index is 567. The van der Waals surface area contributed by atoms with Crippen molar-refractivity contribution in [2.45, 2.75) is 13.3 Å². The molecule has 0 unspecified atom stereocenters. The molecule has 4 heteroatoms. The van der Waals surface area contributed by atoms with Crippen LogP contribution >= 0.6 is 0 Å². The van der Waals surface area contributed by atoms with Crippen molar-refractivity contribution in [3.05, 3.63) is 60.5 Å². The highest BCUT2D eigenvalue weighted by molar-refractivity contribution is 5.36. The minimum absolute atomic E-state index is 0.237. The number of aromatic hydroxyl groups is 1. The van der Waals surface area contributed by atoms with E-state index in [1.165, 1.54) is 0 Å². The van der Waals surface area contributed by atoms with Crippen molar-refractivity contribution in [3.63, 3.8) is 0 Å². The highest BCUT2D eigenvalue weighted by Gasteiger charge is 2.03. The molecule has 0 bridgehead atoms. The molecule has 0 aliphatic rings. The van der Waals surface area contributed by atoms with Gasteiger partial charge in [0.2, 0.25) is 0 Å². The normalized spacial score (nSPS) is 10.9. The van der Waals surface area contributed by atoms with Crippen LogP contribution in [0.2, 0.25) is 0 Å². The van der Waals surface area contributed by atoms with Crippen molar-refractivity contribution < 1.29 is 5.11 Å². The van der Waals surface area contributed by atoms with Crippen LogP contribution in [-0.2, 0) is 6.42 Å². The predicted molar refractivity (Wildman–Crippen MR) is 70.7 cm³/mol. The molecule has 0 spiro atoms. The highest BCUT2D eigenvalue weighted by Crippen LogP contribution is 2.13. The van der Waals surface area contributed by atoms with Gasteiger partial charge in [0.15, 0.2) is 0 Å². The van der Waals surface area contributed by atoms with E-state index >= 15 is 0 Å². The van der Waals surface area contributed by atoms with Gasteiger partial charge in [0, 0.05) is 6.42 Å². The topological polar surface area (TPSA) is 50.9 Å². The molecule has 0 radical (unpaired) electrons. The second kappa shape index (κ2) is 5.31. The molecule has 92 valence electrons. The number of hydrogen-bond donors (Lipinski definition) is 1. The van der Waals surface area contributed by atoms with E-state index in [9.17, 15) is 5.11 Å². The second-order valence-electron chi connectivity index (χ2n) is 4.01. The molecule has 1 aromatic heterocycles. The van der Waals surface area contributed by atoms with E-state index in [1.54, 1.807) is 28.9 Å². The molecule has 1 aromatic carbocycles. The second-order valence-corrected chi connectivity index (χ2v) is 4.01. The summed E-state index contributed by atoms with van der Waals surface area (Å²) in [5.41, 5.74) is 2.73. The van der Waals surface area contributed by atoms with Crippen molar-refractivity contribution in [1.29, 1.82) is 0 Å². The first-order chi connectivity index (χ1) is 8.69. The zero-order valence-corrected chi connectivity index (χ0v) is 10.2. The summed E-state index contributed by atoms with van der Waals surface area (Å²) in [7, 11) is 0. The van der Waals surface area contributed by atoms with Gasteiger partial charge < -0.3 is 5.11 Å². The number of benzene rings is 1. The van der Waals surface area contributed by atoms with E-state index in [0.717, 1.165) is 17.0 Å². The lowest BCUT2D eigenvalue weighted by Crippen LogP contribution is -1.93. The van der Waals surface area contributed by atoms with Crippen LogP contribution in [0.3, 0.4) is 0 Å². The maximum atomic E-state index is 9.22. The van der Waals surface area contributed by atoms with Crippen molar-refractivity contribution in [3.8, 4) is 11.4 Å². The largest absolute Gasteiger partial charge is 0.508 e. The van der Waals surface area contributed by atoms with Gasteiger partial charge in [0.1, 0.15) is 5.75 Å². The van der Waals surface area contributed by atoms with Gasteiger partial charge in [0.05, 0.1) is 17.6 Å². The molecular formula is C14H15N3O. The first kappa shape index (κ1) is 12.1. The van der Waals surface area contributed by atoms with E-state index in [0.29, 0.717) is 6.42 Å². The van der Waals surface area contributed by atoms with E-state index in [1.807, 2.05) is 25.3 Å². The Morgan fingerprint density at radius 2 is 2.11 bits per heavy atom. The fourth-order valence-corrected chi connectivity index (χ4v) is 1.64. The SMILES string of the molecule is C=C(/C=C\C)Cc1cn(-c2ccc(O)cc2)nn1. The number of nitrogens with zero attached hydrogens (tertiary/aromatic N) is 3. The van der Waals surface area contributed by atoms with Crippen molar-refractivity contribution >= 4 is 0 Å². The first-order valence-electron chi connectivity index (χ1n) is 5.70. The zero-order chi connectivity index (χ0) is 13.0. The molecule has 1 heterocycles. The molecule has 0 aliphatic heterocycles. The van der Waals surface area contributed by atoms with Crippen LogP contribution in [0.15, 0.2) is 54.8 Å². The number of hydrogen-bond acceptors (Lipinski definition) is 3. The van der Waals surface area contributed by atoms with Gasteiger partial charge in [-0.05, 0) is 36.8 Å². The van der Waals surface area contributed by atoms with Crippen LogP contribution in [-0.4, -0.2) is 20.1 Å². The Hall–Kier alpha value is -2.36. The molecule has 4 nitrogen and oxygen atoms in total. The van der Waals surface area contributed by atoms with Crippen molar-refractivity contribution in [2.75, 3.05) is 0 Å². The fourth-order valence-electron chi connectivity index (χ4n) is 1.64. The zero-order valence-electron chi connectivity index (χ0n) is 10.2. The molecule has 1 N–H and O–H groups in total. The Balaban J connectivity index is 2.15. The quantitative estimate of drug-likeness (QED) is 0.837. The lowest BCUT2D eigenvalue weighted by atomic mass is 10.1. The Kier molecular flexibility index (Phi) is 3.57. The summed E-state index contributed by atoms with van der Waals surface area (Å²) < 4.78 is 1.68. The van der Waals surface area contributed by atoms with Gasteiger partial charge in [-0.2, -0.15) is 0 Å². The molecule has 0 saturated heterocycles. The molecule has 0 fully saturated rings. The Morgan fingerprint density at radius 3 is 2.78 bits per heavy atom. The fraction of sp³-hybridized carbons (Fsp3) is 0.143. The van der Waals surface area contributed by atoms with Gasteiger partial charge in [0.25, 0.3) is 0 Å². The third-order valence-corrected chi connectivity index (χ3v) is 2.47. The van der Waals surface area contributed by atoms with E-state index in [-0.39, 0.29) is 5.75 Å². The van der Waals surface area contributed by atoms with Gasteiger partial charge in [-0.1, -0.05) is 23.9 Å². The Morgan fingerprint density at radius 1 is 1.39 bits per heavy atom. The summed E-state index contributed by atoms with van der Waals surface area (Å²) >= 11 is 0. The lowest BCUT2D eigenvalue weighted by molar-refractivity contribution is 0.475. The summed E-state index contributed by atoms with van der Waals surface area (Å²) in [6, 6.07) is 6.81. The monoisotopic (exact) mass is 241 g/mol. The molecule has 2 rings (SSSR count). The maximum Gasteiger partial charge on any atom is 0.115 e. The van der Waals surface area contributed by atoms with Crippen molar-refractivity contribution in [1.82, 2.24) is 15.0 Å². The van der Waals surface area contributed by atoms with E-state index in [4.69, 9.17) is 0 Å². The summed E-state index contributed by atoms with van der Waals surface area (Å²) in [5, 5.41) is 17.4. The first-order valence-corrected chi connectivity index (χ1v) is 5.70. The Labute approximate surface area is 106 Å². The number of phenols is 1. The minimum atomic E-state index is 0.237. The predicted octanol–water partition coefficient (Wildman–Crippen LogP) is 2.65. The third-order valence-electron chi connectivity index (χ3n) is 2.47. The highest BCUT2D eigenvalue weighted by atomic mass is 16.3.